The molecular formula is C14H10Cl2N2OS2. The normalized spacial score (nSPS) is 11.2. The molecule has 0 aliphatic heterocycles. The van der Waals surface area contributed by atoms with Gasteiger partial charge in [0, 0.05) is 4.88 Å². The molecular weight excluding hydrogens is 347 g/mol. The van der Waals surface area contributed by atoms with Crippen LogP contribution in [0.15, 0.2) is 23.0 Å². The maximum Gasteiger partial charge on any atom is 0.267 e. The number of aromatic nitrogens is 2. The molecule has 0 amide bonds. The van der Waals surface area contributed by atoms with Crippen LogP contribution in [0.25, 0.3) is 15.9 Å². The van der Waals surface area contributed by atoms with E-state index in [0.29, 0.717) is 25.9 Å². The van der Waals surface area contributed by atoms with Crippen molar-refractivity contribution >= 4 is 57.0 Å². The minimum atomic E-state index is -0.144. The van der Waals surface area contributed by atoms with E-state index >= 15 is 0 Å². The van der Waals surface area contributed by atoms with Gasteiger partial charge in [-0.1, -0.05) is 23.2 Å². The summed E-state index contributed by atoms with van der Waals surface area (Å²) in [5.74, 6) is 0. The van der Waals surface area contributed by atoms with Crippen LogP contribution < -0.4 is 5.56 Å². The summed E-state index contributed by atoms with van der Waals surface area (Å²) < 4.78 is 1.78. The first-order chi connectivity index (χ1) is 9.90. The van der Waals surface area contributed by atoms with Crippen LogP contribution in [-0.2, 0) is 0 Å². The summed E-state index contributed by atoms with van der Waals surface area (Å²) >= 11 is 18.8. The Morgan fingerprint density at radius 3 is 2.62 bits per heavy atom. The van der Waals surface area contributed by atoms with E-state index in [9.17, 15) is 4.79 Å². The molecule has 0 aliphatic rings. The van der Waals surface area contributed by atoms with E-state index in [1.807, 2.05) is 13.8 Å². The maximum absolute atomic E-state index is 12.8. The molecule has 0 aliphatic carbocycles. The van der Waals surface area contributed by atoms with Crippen molar-refractivity contribution in [3.8, 4) is 5.69 Å². The number of rotatable bonds is 1. The molecule has 0 radical (unpaired) electrons. The van der Waals surface area contributed by atoms with Crippen molar-refractivity contribution in [2.75, 3.05) is 0 Å². The Kier molecular flexibility index (Phi) is 3.69. The molecule has 0 saturated heterocycles. The average Bonchev–Trinajstić information content (AvgIpc) is 2.69. The highest BCUT2D eigenvalue weighted by Gasteiger charge is 2.14. The van der Waals surface area contributed by atoms with Crippen LogP contribution in [0.5, 0.6) is 0 Å². The molecule has 0 bridgehead atoms. The second-order valence-electron chi connectivity index (χ2n) is 4.66. The van der Waals surface area contributed by atoms with E-state index in [-0.39, 0.29) is 5.56 Å². The van der Waals surface area contributed by atoms with Crippen LogP contribution in [0, 0.1) is 18.6 Å². The number of halogens is 2. The van der Waals surface area contributed by atoms with Crippen molar-refractivity contribution in [1.29, 1.82) is 0 Å². The van der Waals surface area contributed by atoms with E-state index in [0.717, 1.165) is 15.3 Å². The maximum atomic E-state index is 12.8. The molecule has 3 rings (SSSR count). The van der Waals surface area contributed by atoms with E-state index in [4.69, 9.17) is 35.4 Å². The minimum absolute atomic E-state index is 0.144. The Balaban J connectivity index is 2.42. The van der Waals surface area contributed by atoms with Crippen molar-refractivity contribution in [3.05, 3.63) is 53.8 Å². The summed E-state index contributed by atoms with van der Waals surface area (Å²) in [6.07, 6.45) is 0. The van der Waals surface area contributed by atoms with Crippen molar-refractivity contribution < 1.29 is 0 Å². The highest BCUT2D eigenvalue weighted by molar-refractivity contribution is 7.71. The van der Waals surface area contributed by atoms with Gasteiger partial charge in [-0.2, -0.15) is 0 Å². The molecule has 21 heavy (non-hydrogen) atoms. The first-order valence-electron chi connectivity index (χ1n) is 6.10. The van der Waals surface area contributed by atoms with Crippen LogP contribution >= 0.6 is 46.8 Å². The predicted octanol–water partition coefficient (Wildman–Crippen LogP) is 5.03. The third-order valence-electron chi connectivity index (χ3n) is 3.39. The monoisotopic (exact) mass is 356 g/mol. The predicted molar refractivity (Wildman–Crippen MR) is 92.1 cm³/mol. The number of nitrogens with zero attached hydrogens (tertiary/aromatic N) is 1. The summed E-state index contributed by atoms with van der Waals surface area (Å²) in [5, 5.41) is 1.48. The number of aryl methyl sites for hydroxylation is 2. The lowest BCUT2D eigenvalue weighted by atomic mass is 10.2. The van der Waals surface area contributed by atoms with Gasteiger partial charge in [0.2, 0.25) is 0 Å². The van der Waals surface area contributed by atoms with Gasteiger partial charge in [-0.25, -0.2) is 0 Å². The Labute approximate surface area is 139 Å². The second-order valence-corrected chi connectivity index (χ2v) is 7.08. The molecule has 7 heteroatoms. The third kappa shape index (κ3) is 2.34. The van der Waals surface area contributed by atoms with Gasteiger partial charge >= 0.3 is 0 Å². The van der Waals surface area contributed by atoms with Crippen LogP contribution in [0.4, 0.5) is 0 Å². The van der Waals surface area contributed by atoms with Gasteiger partial charge in [0.1, 0.15) is 4.83 Å². The van der Waals surface area contributed by atoms with Crippen molar-refractivity contribution in [1.82, 2.24) is 9.55 Å². The van der Waals surface area contributed by atoms with Gasteiger partial charge in [0.15, 0.2) is 4.77 Å². The van der Waals surface area contributed by atoms with Crippen LogP contribution in [-0.4, -0.2) is 9.55 Å². The highest BCUT2D eigenvalue weighted by atomic mass is 35.5. The molecule has 1 N–H and O–H groups in total. The fourth-order valence-corrected chi connectivity index (χ4v) is 3.89. The molecule has 2 heterocycles. The smallest absolute Gasteiger partial charge is 0.267 e. The molecule has 2 aromatic heterocycles. The Bertz CT molecular complexity index is 985. The molecule has 0 saturated carbocycles. The zero-order valence-electron chi connectivity index (χ0n) is 11.2. The first-order valence-corrected chi connectivity index (χ1v) is 8.08. The van der Waals surface area contributed by atoms with Crippen LogP contribution in [0.3, 0.4) is 0 Å². The Morgan fingerprint density at radius 2 is 1.95 bits per heavy atom. The summed E-state index contributed by atoms with van der Waals surface area (Å²) in [6.45, 7) is 3.92. The van der Waals surface area contributed by atoms with Gasteiger partial charge in [0.25, 0.3) is 5.56 Å². The van der Waals surface area contributed by atoms with Gasteiger partial charge in [0.05, 0.1) is 21.1 Å². The summed E-state index contributed by atoms with van der Waals surface area (Å²) in [4.78, 5) is 17.8. The lowest BCUT2D eigenvalue weighted by Crippen LogP contribution is -2.20. The third-order valence-corrected chi connectivity index (χ3v) is 5.53. The quantitative estimate of drug-likeness (QED) is 0.620. The van der Waals surface area contributed by atoms with Crippen molar-refractivity contribution in [2.45, 2.75) is 13.8 Å². The number of fused-ring (bicyclic) bond motifs is 1. The SMILES string of the molecule is Cc1sc2[nH]c(=S)n(-c3ccc(Cl)c(Cl)c3)c(=O)c2c1C. The van der Waals surface area contributed by atoms with E-state index in [1.54, 1.807) is 18.2 Å². The van der Waals surface area contributed by atoms with Crippen molar-refractivity contribution in [2.24, 2.45) is 0 Å². The highest BCUT2D eigenvalue weighted by Crippen LogP contribution is 2.27. The number of nitrogens with one attached hydrogen (secondary N) is 1. The van der Waals surface area contributed by atoms with Crippen LogP contribution in [0.2, 0.25) is 10.0 Å². The zero-order valence-corrected chi connectivity index (χ0v) is 14.3. The van der Waals surface area contributed by atoms with Gasteiger partial charge < -0.3 is 4.98 Å². The fourth-order valence-electron chi connectivity index (χ4n) is 2.19. The van der Waals surface area contributed by atoms with Crippen molar-refractivity contribution in [3.63, 3.8) is 0 Å². The molecule has 0 atom stereocenters. The number of aromatic amines is 1. The Morgan fingerprint density at radius 1 is 1.24 bits per heavy atom. The topological polar surface area (TPSA) is 37.8 Å². The number of benzene rings is 1. The van der Waals surface area contributed by atoms with Gasteiger partial charge in [-0.3, -0.25) is 9.36 Å². The zero-order chi connectivity index (χ0) is 15.3. The molecule has 0 unspecified atom stereocenters. The molecule has 0 spiro atoms. The lowest BCUT2D eigenvalue weighted by molar-refractivity contribution is 0.942. The number of H-pyrrole nitrogens is 1. The Hall–Kier alpha value is -1.14. The minimum Gasteiger partial charge on any atom is -0.323 e. The molecule has 108 valence electrons. The fraction of sp³-hybridized carbons (Fsp3) is 0.143. The largest absolute Gasteiger partial charge is 0.323 e. The lowest BCUT2D eigenvalue weighted by Gasteiger charge is -2.08. The molecule has 3 aromatic rings. The molecule has 0 fully saturated rings. The summed E-state index contributed by atoms with van der Waals surface area (Å²) in [6, 6.07) is 5.01. The number of hydrogen-bond donors (Lipinski definition) is 1. The van der Waals surface area contributed by atoms with Gasteiger partial charge in [-0.05, 0) is 49.8 Å². The van der Waals surface area contributed by atoms with E-state index < -0.39 is 0 Å². The standard InChI is InChI=1S/C14H10Cl2N2OS2/c1-6-7(2)21-12-11(6)13(19)18(14(20)17-12)8-3-4-9(15)10(16)5-8/h3-5H,1-2H3,(H,17,20). The second kappa shape index (κ2) is 5.25. The molecule has 3 nitrogen and oxygen atoms in total. The van der Waals surface area contributed by atoms with Crippen LogP contribution in [0.1, 0.15) is 10.4 Å². The van der Waals surface area contributed by atoms with E-state index in [2.05, 4.69) is 4.98 Å². The van der Waals surface area contributed by atoms with Gasteiger partial charge in [-0.15, -0.1) is 11.3 Å². The summed E-state index contributed by atoms with van der Waals surface area (Å²) in [7, 11) is 0. The first kappa shape index (κ1) is 14.8. The number of thiophene rings is 1. The number of hydrogen-bond acceptors (Lipinski definition) is 3. The summed E-state index contributed by atoms with van der Waals surface area (Å²) in [5.41, 5.74) is 1.43. The van der Waals surface area contributed by atoms with E-state index in [1.165, 1.54) is 15.9 Å². The average molecular weight is 357 g/mol. The molecule has 1 aromatic carbocycles.